The molecule has 1 aromatic carbocycles. The number of hydrogen-bond acceptors (Lipinski definition) is 3. The van der Waals surface area contributed by atoms with Crippen LogP contribution < -0.4 is 5.32 Å². The summed E-state index contributed by atoms with van der Waals surface area (Å²) < 4.78 is 0. The molecule has 1 aromatic rings. The number of benzene rings is 1. The first kappa shape index (κ1) is 14.4. The van der Waals surface area contributed by atoms with Crippen molar-refractivity contribution in [3.8, 4) is 0 Å². The second-order valence-corrected chi connectivity index (χ2v) is 6.35. The minimum Gasteiger partial charge on any atom is -0.302 e. The van der Waals surface area contributed by atoms with Gasteiger partial charge in [-0.1, -0.05) is 48.6 Å². The van der Waals surface area contributed by atoms with Crippen LogP contribution in [0.5, 0.6) is 0 Å². The van der Waals surface area contributed by atoms with Crippen LogP contribution in [0.1, 0.15) is 18.0 Å². The van der Waals surface area contributed by atoms with E-state index in [1.807, 2.05) is 5.41 Å². The Hall–Kier alpha value is -1.58. The standard InChI is InChI=1S/C18H20N2S/c1-19-10-11-21-13-17-15-8-5-9-16(12-15)18(20-17)14-6-3-2-4-7-14/h2-11,15,17-18,20H,1,12-13H2/b11-10-. The van der Waals surface area contributed by atoms with Crippen LogP contribution in [0.4, 0.5) is 0 Å². The van der Waals surface area contributed by atoms with E-state index in [1.54, 1.807) is 18.0 Å². The predicted octanol–water partition coefficient (Wildman–Crippen LogP) is 4.11. The van der Waals surface area contributed by atoms with Gasteiger partial charge in [-0.25, -0.2) is 0 Å². The van der Waals surface area contributed by atoms with Crippen molar-refractivity contribution in [3.05, 3.63) is 71.3 Å². The lowest BCUT2D eigenvalue weighted by Crippen LogP contribution is -2.46. The van der Waals surface area contributed by atoms with Crippen molar-refractivity contribution in [2.75, 3.05) is 5.75 Å². The van der Waals surface area contributed by atoms with Crippen LogP contribution in [0.25, 0.3) is 0 Å². The molecule has 3 unspecified atom stereocenters. The summed E-state index contributed by atoms with van der Waals surface area (Å²) in [6.07, 6.45) is 9.74. The second-order valence-electron chi connectivity index (χ2n) is 5.41. The lowest BCUT2D eigenvalue weighted by Gasteiger charge is -2.40. The summed E-state index contributed by atoms with van der Waals surface area (Å²) >= 11 is 1.80. The Morgan fingerprint density at radius 3 is 3.00 bits per heavy atom. The van der Waals surface area contributed by atoms with Gasteiger partial charge < -0.3 is 5.32 Å². The van der Waals surface area contributed by atoms with Gasteiger partial charge in [0.1, 0.15) is 0 Å². The Morgan fingerprint density at radius 2 is 2.19 bits per heavy atom. The fraction of sp³-hybridized carbons (Fsp3) is 0.278. The summed E-state index contributed by atoms with van der Waals surface area (Å²) in [6, 6.07) is 11.6. The number of nitrogens with zero attached hydrogens (tertiary/aromatic N) is 1. The Kier molecular flexibility index (Phi) is 4.73. The van der Waals surface area contributed by atoms with Gasteiger partial charge in [-0.15, -0.1) is 11.8 Å². The molecule has 2 aliphatic rings. The van der Waals surface area contributed by atoms with Crippen LogP contribution in [0, 0.1) is 5.92 Å². The molecule has 1 aliphatic heterocycles. The van der Waals surface area contributed by atoms with Gasteiger partial charge in [0.15, 0.2) is 0 Å². The molecule has 108 valence electrons. The Morgan fingerprint density at radius 1 is 1.33 bits per heavy atom. The maximum Gasteiger partial charge on any atom is 0.0541 e. The SMILES string of the molecule is C=N/C=C\SCC1NC(c2ccccc2)C2=CC=CC1C2. The van der Waals surface area contributed by atoms with Crippen molar-refractivity contribution in [1.82, 2.24) is 5.32 Å². The van der Waals surface area contributed by atoms with Crippen molar-refractivity contribution >= 4 is 18.5 Å². The molecule has 3 atom stereocenters. The second kappa shape index (κ2) is 6.92. The summed E-state index contributed by atoms with van der Waals surface area (Å²) in [4.78, 5) is 3.75. The van der Waals surface area contributed by atoms with Crippen molar-refractivity contribution in [2.24, 2.45) is 10.9 Å². The number of thioether (sulfide) groups is 1. The highest BCUT2D eigenvalue weighted by atomic mass is 32.2. The molecule has 1 aliphatic carbocycles. The summed E-state index contributed by atoms with van der Waals surface area (Å²) in [5.41, 5.74) is 2.86. The zero-order chi connectivity index (χ0) is 14.5. The lowest BCUT2D eigenvalue weighted by molar-refractivity contribution is 0.347. The largest absolute Gasteiger partial charge is 0.302 e. The van der Waals surface area contributed by atoms with Crippen LogP contribution in [0.2, 0.25) is 0 Å². The predicted molar refractivity (Wildman–Crippen MR) is 92.6 cm³/mol. The van der Waals surface area contributed by atoms with Crippen molar-refractivity contribution in [3.63, 3.8) is 0 Å². The monoisotopic (exact) mass is 296 g/mol. The van der Waals surface area contributed by atoms with Gasteiger partial charge in [-0.2, -0.15) is 0 Å². The lowest BCUT2D eigenvalue weighted by atomic mass is 9.79. The molecule has 0 radical (unpaired) electrons. The van der Waals surface area contributed by atoms with Gasteiger partial charge in [0.25, 0.3) is 0 Å². The van der Waals surface area contributed by atoms with Crippen LogP contribution in [0.15, 0.2) is 70.7 Å². The van der Waals surface area contributed by atoms with Crippen molar-refractivity contribution in [1.29, 1.82) is 0 Å². The Balaban J connectivity index is 1.75. The number of piperidine rings is 1. The summed E-state index contributed by atoms with van der Waals surface area (Å²) in [6.45, 7) is 3.46. The molecule has 0 aromatic heterocycles. The highest BCUT2D eigenvalue weighted by molar-refractivity contribution is 8.02. The number of rotatable bonds is 5. The van der Waals surface area contributed by atoms with E-state index < -0.39 is 0 Å². The third-order valence-corrected chi connectivity index (χ3v) is 4.95. The van der Waals surface area contributed by atoms with Gasteiger partial charge in [0, 0.05) is 18.0 Å². The molecular formula is C18H20N2S. The highest BCUT2D eigenvalue weighted by Crippen LogP contribution is 2.37. The van der Waals surface area contributed by atoms with Crippen LogP contribution in [-0.4, -0.2) is 18.5 Å². The first-order valence-corrected chi connectivity index (χ1v) is 8.34. The minimum absolute atomic E-state index is 0.347. The van der Waals surface area contributed by atoms with Crippen LogP contribution in [-0.2, 0) is 0 Å². The molecule has 2 nitrogen and oxygen atoms in total. The van der Waals surface area contributed by atoms with Gasteiger partial charge in [0.05, 0.1) is 6.04 Å². The van der Waals surface area contributed by atoms with E-state index in [0.29, 0.717) is 18.0 Å². The molecule has 1 heterocycles. The van der Waals surface area contributed by atoms with Crippen LogP contribution >= 0.6 is 11.8 Å². The molecule has 0 amide bonds. The molecular weight excluding hydrogens is 276 g/mol. The van der Waals surface area contributed by atoms with Gasteiger partial charge >= 0.3 is 0 Å². The Bertz CT molecular complexity index is 574. The third-order valence-electron chi connectivity index (χ3n) is 4.08. The third kappa shape index (κ3) is 3.36. The zero-order valence-corrected chi connectivity index (χ0v) is 12.8. The van der Waals surface area contributed by atoms with E-state index >= 15 is 0 Å². The average molecular weight is 296 g/mol. The first-order valence-electron chi connectivity index (χ1n) is 7.29. The highest BCUT2D eigenvalue weighted by Gasteiger charge is 2.33. The molecule has 2 bridgehead atoms. The van der Waals surface area contributed by atoms with E-state index in [4.69, 9.17) is 0 Å². The number of hydrogen-bond donors (Lipinski definition) is 1. The zero-order valence-electron chi connectivity index (χ0n) is 12.0. The fourth-order valence-corrected chi connectivity index (χ4v) is 3.87. The molecule has 0 spiro atoms. The first-order chi connectivity index (χ1) is 10.4. The van der Waals surface area contributed by atoms with E-state index in [2.05, 4.69) is 65.6 Å². The number of allylic oxidation sites excluding steroid dienone is 2. The molecule has 0 saturated carbocycles. The smallest absolute Gasteiger partial charge is 0.0541 e. The van der Waals surface area contributed by atoms with E-state index in [0.717, 1.165) is 12.2 Å². The fourth-order valence-electron chi connectivity index (χ4n) is 3.04. The van der Waals surface area contributed by atoms with Gasteiger partial charge in [-0.3, -0.25) is 4.99 Å². The minimum atomic E-state index is 0.347. The topological polar surface area (TPSA) is 24.4 Å². The molecule has 3 rings (SSSR count). The molecule has 1 fully saturated rings. The van der Waals surface area contributed by atoms with Crippen LogP contribution in [0.3, 0.4) is 0 Å². The van der Waals surface area contributed by atoms with E-state index in [1.165, 1.54) is 11.1 Å². The van der Waals surface area contributed by atoms with Gasteiger partial charge in [0.2, 0.25) is 0 Å². The van der Waals surface area contributed by atoms with Gasteiger partial charge in [-0.05, 0) is 35.6 Å². The maximum absolute atomic E-state index is 3.83. The number of nitrogens with one attached hydrogen (secondary N) is 1. The van der Waals surface area contributed by atoms with Crippen molar-refractivity contribution < 1.29 is 0 Å². The molecule has 1 saturated heterocycles. The molecule has 21 heavy (non-hydrogen) atoms. The number of fused-ring (bicyclic) bond motifs is 2. The van der Waals surface area contributed by atoms with Crippen molar-refractivity contribution in [2.45, 2.75) is 18.5 Å². The number of aliphatic imine (C=N–C) groups is 1. The molecule has 3 heteroatoms. The summed E-state index contributed by atoms with van der Waals surface area (Å²) in [5, 5.41) is 5.85. The average Bonchev–Trinajstić information content (AvgIpc) is 2.54. The summed E-state index contributed by atoms with van der Waals surface area (Å²) in [7, 11) is 0. The van der Waals surface area contributed by atoms with E-state index in [9.17, 15) is 0 Å². The Labute approximate surface area is 130 Å². The quantitative estimate of drug-likeness (QED) is 0.827. The van der Waals surface area contributed by atoms with E-state index in [-0.39, 0.29) is 0 Å². The maximum atomic E-state index is 3.83. The molecule has 1 N–H and O–H groups in total. The summed E-state index contributed by atoms with van der Waals surface area (Å²) in [5.74, 6) is 1.65. The normalized spacial score (nSPS) is 27.6.